The van der Waals surface area contributed by atoms with Crippen molar-refractivity contribution >= 4 is 6.08 Å². The van der Waals surface area contributed by atoms with Crippen LogP contribution in [0.1, 0.15) is 37.0 Å². The third-order valence-electron chi connectivity index (χ3n) is 3.57. The van der Waals surface area contributed by atoms with Crippen LogP contribution in [-0.4, -0.2) is 25.0 Å². The van der Waals surface area contributed by atoms with Crippen molar-refractivity contribution in [3.63, 3.8) is 0 Å². The Kier molecular flexibility index (Phi) is 5.54. The highest BCUT2D eigenvalue weighted by Gasteiger charge is 2.15. The zero-order chi connectivity index (χ0) is 13.7. The molecule has 100 valence electrons. The van der Waals surface area contributed by atoms with Gasteiger partial charge in [-0.05, 0) is 63.5 Å². The lowest BCUT2D eigenvalue weighted by Gasteiger charge is -2.24. The van der Waals surface area contributed by atoms with E-state index in [4.69, 9.17) is 0 Å². The van der Waals surface area contributed by atoms with E-state index in [0.29, 0.717) is 6.04 Å². The van der Waals surface area contributed by atoms with Gasteiger partial charge in [-0.2, -0.15) is 0 Å². The van der Waals surface area contributed by atoms with Crippen LogP contribution in [0.4, 0.5) is 4.39 Å². The summed E-state index contributed by atoms with van der Waals surface area (Å²) in [5, 5.41) is 0. The highest BCUT2D eigenvalue weighted by atomic mass is 19.1. The van der Waals surface area contributed by atoms with Crippen molar-refractivity contribution in [1.82, 2.24) is 4.90 Å². The number of benzene rings is 1. The van der Waals surface area contributed by atoms with Gasteiger partial charge in [0.25, 0.3) is 0 Å². The van der Waals surface area contributed by atoms with Gasteiger partial charge in [-0.15, -0.1) is 0 Å². The van der Waals surface area contributed by atoms with Crippen LogP contribution >= 0.6 is 0 Å². The number of allylic oxidation sites excluding steroid dienone is 1. The first-order chi connectivity index (χ1) is 8.51. The lowest BCUT2D eigenvalue weighted by Crippen LogP contribution is -2.30. The summed E-state index contributed by atoms with van der Waals surface area (Å²) >= 11 is 0. The van der Waals surface area contributed by atoms with Crippen LogP contribution in [0.25, 0.3) is 6.08 Å². The van der Waals surface area contributed by atoms with Gasteiger partial charge < -0.3 is 4.90 Å². The molecule has 1 aromatic carbocycles. The van der Waals surface area contributed by atoms with E-state index in [0.717, 1.165) is 29.5 Å². The second kappa shape index (κ2) is 6.69. The SMILES string of the molecule is C/C=C\c1ccc(F)c(CC(CC)N(C)C)c1C. The fraction of sp³-hybridized carbons (Fsp3) is 0.500. The molecule has 0 bridgehead atoms. The van der Waals surface area contributed by atoms with E-state index in [9.17, 15) is 4.39 Å². The van der Waals surface area contributed by atoms with E-state index >= 15 is 0 Å². The van der Waals surface area contributed by atoms with Gasteiger partial charge in [-0.1, -0.05) is 25.1 Å². The molecule has 0 saturated carbocycles. The molecule has 0 N–H and O–H groups in total. The van der Waals surface area contributed by atoms with E-state index in [1.807, 2.05) is 32.1 Å². The molecule has 0 heterocycles. The molecule has 0 aliphatic heterocycles. The van der Waals surface area contributed by atoms with Crippen LogP contribution in [0.3, 0.4) is 0 Å². The van der Waals surface area contributed by atoms with Gasteiger partial charge in [0.1, 0.15) is 5.82 Å². The first-order valence-corrected chi connectivity index (χ1v) is 6.58. The third-order valence-corrected chi connectivity index (χ3v) is 3.57. The minimum absolute atomic E-state index is 0.0824. The first kappa shape index (κ1) is 14.9. The number of hydrogen-bond acceptors (Lipinski definition) is 1. The quantitative estimate of drug-likeness (QED) is 0.761. The van der Waals surface area contributed by atoms with E-state index in [1.165, 1.54) is 0 Å². The Balaban J connectivity index is 3.11. The van der Waals surface area contributed by atoms with Crippen molar-refractivity contribution in [1.29, 1.82) is 0 Å². The molecule has 18 heavy (non-hydrogen) atoms. The summed E-state index contributed by atoms with van der Waals surface area (Å²) in [4.78, 5) is 2.17. The molecule has 2 heteroatoms. The molecular weight excluding hydrogens is 225 g/mol. The Morgan fingerprint density at radius 1 is 1.33 bits per heavy atom. The Hall–Kier alpha value is -1.15. The minimum atomic E-state index is -0.0824. The second-order valence-electron chi connectivity index (χ2n) is 4.97. The highest BCUT2D eigenvalue weighted by Crippen LogP contribution is 2.22. The van der Waals surface area contributed by atoms with Crippen molar-refractivity contribution in [2.24, 2.45) is 0 Å². The van der Waals surface area contributed by atoms with E-state index in [1.54, 1.807) is 6.07 Å². The average molecular weight is 249 g/mol. The molecule has 0 fully saturated rings. The molecule has 0 aliphatic carbocycles. The lowest BCUT2D eigenvalue weighted by molar-refractivity contribution is 0.282. The Bertz CT molecular complexity index is 421. The molecule has 1 nitrogen and oxygen atoms in total. The zero-order valence-corrected chi connectivity index (χ0v) is 12.1. The van der Waals surface area contributed by atoms with E-state index < -0.39 is 0 Å². The number of likely N-dealkylation sites (N-methyl/N-ethyl adjacent to an activating group) is 1. The summed E-state index contributed by atoms with van der Waals surface area (Å²) in [6, 6.07) is 3.82. The van der Waals surface area contributed by atoms with Crippen molar-refractivity contribution in [2.75, 3.05) is 14.1 Å². The summed E-state index contributed by atoms with van der Waals surface area (Å²) < 4.78 is 14.0. The summed E-state index contributed by atoms with van der Waals surface area (Å²) in [7, 11) is 4.11. The van der Waals surface area contributed by atoms with Gasteiger partial charge >= 0.3 is 0 Å². The summed E-state index contributed by atoms with van der Waals surface area (Å²) in [5.74, 6) is -0.0824. The highest BCUT2D eigenvalue weighted by molar-refractivity contribution is 5.55. The molecule has 0 spiro atoms. The minimum Gasteiger partial charge on any atom is -0.306 e. The molecule has 1 unspecified atom stereocenters. The Morgan fingerprint density at radius 3 is 2.50 bits per heavy atom. The lowest BCUT2D eigenvalue weighted by atomic mass is 9.95. The van der Waals surface area contributed by atoms with Crippen molar-refractivity contribution in [2.45, 2.75) is 39.7 Å². The fourth-order valence-corrected chi connectivity index (χ4v) is 2.28. The monoisotopic (exact) mass is 249 g/mol. The number of halogens is 1. The molecule has 1 rings (SSSR count). The van der Waals surface area contributed by atoms with Crippen LogP contribution in [0, 0.1) is 12.7 Å². The molecule has 1 atom stereocenters. The maximum atomic E-state index is 14.0. The predicted octanol–water partition coefficient (Wildman–Crippen LogP) is 4.05. The predicted molar refractivity (Wildman–Crippen MR) is 77.3 cm³/mol. The summed E-state index contributed by atoms with van der Waals surface area (Å²) in [6.45, 7) is 6.14. The molecule has 0 aromatic heterocycles. The van der Waals surface area contributed by atoms with Crippen molar-refractivity contribution in [3.05, 3.63) is 40.7 Å². The largest absolute Gasteiger partial charge is 0.306 e. The van der Waals surface area contributed by atoms with Gasteiger partial charge in [0, 0.05) is 6.04 Å². The number of nitrogens with zero attached hydrogens (tertiary/aromatic N) is 1. The van der Waals surface area contributed by atoms with Crippen LogP contribution < -0.4 is 0 Å². The van der Waals surface area contributed by atoms with Gasteiger partial charge in [-0.3, -0.25) is 0 Å². The normalized spacial score (nSPS) is 13.5. The van der Waals surface area contributed by atoms with Crippen LogP contribution in [0.2, 0.25) is 0 Å². The molecular formula is C16H24FN. The van der Waals surface area contributed by atoms with Crippen LogP contribution in [-0.2, 0) is 6.42 Å². The Morgan fingerprint density at radius 2 is 2.00 bits per heavy atom. The summed E-state index contributed by atoms with van der Waals surface area (Å²) in [6.07, 6.45) is 5.83. The second-order valence-corrected chi connectivity index (χ2v) is 4.97. The Labute approximate surface area is 110 Å². The molecule has 1 aromatic rings. The molecule has 0 saturated heterocycles. The average Bonchev–Trinajstić information content (AvgIpc) is 2.32. The molecule has 0 amide bonds. The third kappa shape index (κ3) is 3.42. The molecule has 0 aliphatic rings. The molecule has 0 radical (unpaired) electrons. The van der Waals surface area contributed by atoms with Crippen LogP contribution in [0.5, 0.6) is 0 Å². The first-order valence-electron chi connectivity index (χ1n) is 6.58. The topological polar surface area (TPSA) is 3.24 Å². The van der Waals surface area contributed by atoms with Gasteiger partial charge in [0.15, 0.2) is 0 Å². The maximum Gasteiger partial charge on any atom is 0.126 e. The standard InChI is InChI=1S/C16H24FN/c1-6-8-13-9-10-16(17)15(12(13)3)11-14(7-2)18(4)5/h6,8-10,14H,7,11H2,1-5H3/b8-6-. The van der Waals surface area contributed by atoms with E-state index in [-0.39, 0.29) is 5.82 Å². The van der Waals surface area contributed by atoms with Gasteiger partial charge in [0.05, 0.1) is 0 Å². The van der Waals surface area contributed by atoms with Gasteiger partial charge in [0.2, 0.25) is 0 Å². The maximum absolute atomic E-state index is 14.0. The van der Waals surface area contributed by atoms with Crippen molar-refractivity contribution < 1.29 is 4.39 Å². The van der Waals surface area contributed by atoms with Crippen molar-refractivity contribution in [3.8, 4) is 0 Å². The number of hydrogen-bond donors (Lipinski definition) is 0. The van der Waals surface area contributed by atoms with Crippen LogP contribution in [0.15, 0.2) is 18.2 Å². The number of rotatable bonds is 5. The fourth-order valence-electron chi connectivity index (χ4n) is 2.28. The van der Waals surface area contributed by atoms with E-state index in [2.05, 4.69) is 25.9 Å². The summed E-state index contributed by atoms with van der Waals surface area (Å²) in [5.41, 5.74) is 3.03. The van der Waals surface area contributed by atoms with Gasteiger partial charge in [-0.25, -0.2) is 4.39 Å². The zero-order valence-electron chi connectivity index (χ0n) is 12.1. The smallest absolute Gasteiger partial charge is 0.126 e.